The maximum absolute atomic E-state index is 10.9. The van der Waals surface area contributed by atoms with Crippen molar-refractivity contribution in [2.45, 2.75) is 0 Å². The Morgan fingerprint density at radius 2 is 1.74 bits per heavy atom. The molecule has 0 bridgehead atoms. The van der Waals surface area contributed by atoms with Gasteiger partial charge in [-0.2, -0.15) is 0 Å². The maximum atomic E-state index is 10.9. The smallest absolute Gasteiger partial charge is 0.317 e. The summed E-state index contributed by atoms with van der Waals surface area (Å²) in [5.74, 6) is -0.739. The highest BCUT2D eigenvalue weighted by atomic mass is 16.4. The van der Waals surface area contributed by atoms with Crippen LogP contribution >= 0.6 is 0 Å². The van der Waals surface area contributed by atoms with Gasteiger partial charge in [0.15, 0.2) is 0 Å². The second kappa shape index (κ2) is 8.47. The van der Waals surface area contributed by atoms with Crippen molar-refractivity contribution in [1.29, 1.82) is 0 Å². The third-order valence-electron chi connectivity index (χ3n) is 3.55. The Bertz CT molecular complexity index is 265. The molecule has 0 aromatic carbocycles. The van der Waals surface area contributed by atoms with Crippen molar-refractivity contribution >= 4 is 5.97 Å². The minimum atomic E-state index is -0.739. The third kappa shape index (κ3) is 7.47. The van der Waals surface area contributed by atoms with Crippen LogP contribution in [0.3, 0.4) is 0 Å². The average Bonchev–Trinajstić information content (AvgIpc) is 2.34. The van der Waals surface area contributed by atoms with Gasteiger partial charge in [-0.3, -0.25) is 14.6 Å². The van der Waals surface area contributed by atoms with Crippen LogP contribution in [0.2, 0.25) is 0 Å². The predicted molar refractivity (Wildman–Crippen MR) is 76.6 cm³/mol. The first-order valence-electron chi connectivity index (χ1n) is 6.97. The molecule has 0 aliphatic carbocycles. The Morgan fingerprint density at radius 3 is 2.26 bits per heavy atom. The van der Waals surface area contributed by atoms with Gasteiger partial charge in [-0.25, -0.2) is 0 Å². The molecule has 0 unspecified atom stereocenters. The van der Waals surface area contributed by atoms with E-state index in [1.54, 1.807) is 0 Å². The van der Waals surface area contributed by atoms with Crippen LogP contribution in [0.4, 0.5) is 0 Å². The number of aliphatic carboxylic acids is 1. The zero-order valence-electron chi connectivity index (χ0n) is 12.5. The van der Waals surface area contributed by atoms with Crippen LogP contribution in [0.5, 0.6) is 0 Å². The summed E-state index contributed by atoms with van der Waals surface area (Å²) >= 11 is 0. The first-order valence-corrected chi connectivity index (χ1v) is 6.97. The molecule has 1 aliphatic rings. The Labute approximate surface area is 116 Å². The number of piperazine rings is 1. The van der Waals surface area contributed by atoms with Crippen molar-refractivity contribution in [3.8, 4) is 0 Å². The van der Waals surface area contributed by atoms with Crippen LogP contribution in [0.15, 0.2) is 0 Å². The number of likely N-dealkylation sites (N-methyl/N-ethyl adjacent to an activating group) is 2. The first kappa shape index (κ1) is 16.4. The predicted octanol–water partition coefficient (Wildman–Crippen LogP) is -0.818. The average molecular weight is 272 g/mol. The molecule has 1 aliphatic heterocycles. The Balaban J connectivity index is 2.28. The van der Waals surface area contributed by atoms with E-state index in [1.807, 2.05) is 19.0 Å². The van der Waals surface area contributed by atoms with Crippen molar-refractivity contribution in [3.63, 3.8) is 0 Å². The standard InChI is InChI=1S/C13H28N4O2/c1-14(2)4-7-17(12-13(18)19)11-10-16-8-5-15(3)6-9-16/h4-12H2,1-3H3,(H,18,19). The van der Waals surface area contributed by atoms with Crippen molar-refractivity contribution in [2.24, 2.45) is 0 Å². The van der Waals surface area contributed by atoms with E-state index >= 15 is 0 Å². The van der Waals surface area contributed by atoms with Crippen LogP contribution in [0.25, 0.3) is 0 Å². The molecule has 0 spiro atoms. The molecule has 1 fully saturated rings. The molecule has 1 rings (SSSR count). The largest absolute Gasteiger partial charge is 0.480 e. The fourth-order valence-electron chi connectivity index (χ4n) is 2.16. The van der Waals surface area contributed by atoms with Gasteiger partial charge in [0, 0.05) is 52.4 Å². The van der Waals surface area contributed by atoms with Gasteiger partial charge in [-0.1, -0.05) is 0 Å². The van der Waals surface area contributed by atoms with Gasteiger partial charge in [0.25, 0.3) is 0 Å². The second-order valence-corrected chi connectivity index (χ2v) is 5.62. The lowest BCUT2D eigenvalue weighted by molar-refractivity contribution is -0.138. The Kier molecular flexibility index (Phi) is 7.30. The van der Waals surface area contributed by atoms with Gasteiger partial charge >= 0.3 is 5.97 Å². The summed E-state index contributed by atoms with van der Waals surface area (Å²) in [6.45, 7) is 8.05. The van der Waals surface area contributed by atoms with E-state index in [9.17, 15) is 4.79 Å². The monoisotopic (exact) mass is 272 g/mol. The fraction of sp³-hybridized carbons (Fsp3) is 0.923. The fourth-order valence-corrected chi connectivity index (χ4v) is 2.16. The van der Waals surface area contributed by atoms with Crippen molar-refractivity contribution in [3.05, 3.63) is 0 Å². The Hall–Kier alpha value is -0.690. The summed E-state index contributed by atoms with van der Waals surface area (Å²) < 4.78 is 0. The minimum Gasteiger partial charge on any atom is -0.480 e. The van der Waals surface area contributed by atoms with E-state index in [0.29, 0.717) is 0 Å². The lowest BCUT2D eigenvalue weighted by atomic mass is 10.3. The van der Waals surface area contributed by atoms with Gasteiger partial charge < -0.3 is 14.9 Å². The molecule has 1 N–H and O–H groups in total. The summed E-state index contributed by atoms with van der Waals surface area (Å²) in [6.07, 6.45) is 0. The van der Waals surface area contributed by atoms with E-state index < -0.39 is 5.97 Å². The number of nitrogens with zero attached hydrogens (tertiary/aromatic N) is 4. The van der Waals surface area contributed by atoms with Crippen LogP contribution < -0.4 is 0 Å². The first-order chi connectivity index (χ1) is 8.97. The van der Waals surface area contributed by atoms with Crippen LogP contribution in [0, 0.1) is 0 Å². The molecule has 19 heavy (non-hydrogen) atoms. The molecule has 0 saturated carbocycles. The highest BCUT2D eigenvalue weighted by Crippen LogP contribution is 2.00. The van der Waals surface area contributed by atoms with Gasteiger partial charge in [0.05, 0.1) is 6.54 Å². The topological polar surface area (TPSA) is 50.3 Å². The summed E-state index contributed by atoms with van der Waals surface area (Å²) in [4.78, 5) is 19.7. The number of carboxylic acid groups (broad SMARTS) is 1. The van der Waals surface area contributed by atoms with E-state index in [2.05, 4.69) is 21.7 Å². The van der Waals surface area contributed by atoms with E-state index in [0.717, 1.165) is 52.4 Å². The molecular formula is C13H28N4O2. The molecule has 1 heterocycles. The van der Waals surface area contributed by atoms with Crippen LogP contribution in [0.1, 0.15) is 0 Å². The highest BCUT2D eigenvalue weighted by molar-refractivity contribution is 5.69. The highest BCUT2D eigenvalue weighted by Gasteiger charge is 2.16. The number of carbonyl (C=O) groups is 1. The van der Waals surface area contributed by atoms with Gasteiger partial charge in [-0.05, 0) is 21.1 Å². The molecule has 6 nitrogen and oxygen atoms in total. The molecule has 0 amide bonds. The van der Waals surface area contributed by atoms with E-state index in [1.165, 1.54) is 0 Å². The zero-order valence-corrected chi connectivity index (χ0v) is 12.5. The molecule has 0 aromatic heterocycles. The molecule has 112 valence electrons. The minimum absolute atomic E-state index is 0.140. The van der Waals surface area contributed by atoms with Crippen LogP contribution in [-0.2, 0) is 4.79 Å². The quantitative estimate of drug-likeness (QED) is 0.623. The molecule has 1 saturated heterocycles. The second-order valence-electron chi connectivity index (χ2n) is 5.62. The molecule has 0 aromatic rings. The molecule has 0 radical (unpaired) electrons. The molecule has 6 heteroatoms. The number of hydrogen-bond acceptors (Lipinski definition) is 5. The summed E-state index contributed by atoms with van der Waals surface area (Å²) in [5.41, 5.74) is 0. The summed E-state index contributed by atoms with van der Waals surface area (Å²) in [7, 11) is 6.17. The summed E-state index contributed by atoms with van der Waals surface area (Å²) in [5, 5.41) is 8.95. The third-order valence-corrected chi connectivity index (χ3v) is 3.55. The number of carboxylic acids is 1. The number of rotatable bonds is 8. The zero-order chi connectivity index (χ0) is 14.3. The maximum Gasteiger partial charge on any atom is 0.317 e. The van der Waals surface area contributed by atoms with Crippen molar-refractivity contribution < 1.29 is 9.90 Å². The lowest BCUT2D eigenvalue weighted by Crippen LogP contribution is -2.48. The normalized spacial score (nSPS) is 18.4. The lowest BCUT2D eigenvalue weighted by Gasteiger charge is -2.33. The van der Waals surface area contributed by atoms with E-state index in [-0.39, 0.29) is 6.54 Å². The number of hydrogen-bond donors (Lipinski definition) is 1. The molecule has 0 atom stereocenters. The van der Waals surface area contributed by atoms with Crippen molar-refractivity contribution in [1.82, 2.24) is 19.6 Å². The van der Waals surface area contributed by atoms with E-state index in [4.69, 9.17) is 5.11 Å². The van der Waals surface area contributed by atoms with Crippen molar-refractivity contribution in [2.75, 3.05) is 80.0 Å². The van der Waals surface area contributed by atoms with Gasteiger partial charge in [0.2, 0.25) is 0 Å². The summed E-state index contributed by atoms with van der Waals surface area (Å²) in [6, 6.07) is 0. The van der Waals surface area contributed by atoms with Gasteiger partial charge in [0.1, 0.15) is 0 Å². The Morgan fingerprint density at radius 1 is 1.11 bits per heavy atom. The van der Waals surface area contributed by atoms with Gasteiger partial charge in [-0.15, -0.1) is 0 Å². The SMILES string of the molecule is CN(C)CCN(CCN1CCN(C)CC1)CC(=O)O. The van der Waals surface area contributed by atoms with Crippen LogP contribution in [-0.4, -0.2) is 111 Å². The molecular weight excluding hydrogens is 244 g/mol.